The quantitative estimate of drug-likeness (QED) is 0.858. The zero-order valence-electron chi connectivity index (χ0n) is 16.3. The highest BCUT2D eigenvalue weighted by Gasteiger charge is 2.47. The van der Waals surface area contributed by atoms with E-state index in [1.807, 2.05) is 18.2 Å². The molecule has 4 rings (SSSR count). The minimum absolute atomic E-state index is 0.110. The van der Waals surface area contributed by atoms with Crippen LogP contribution in [0, 0.1) is 0 Å². The molecule has 2 aromatic rings. The number of rotatable bonds is 5. The topological polar surface area (TPSA) is 56.8 Å². The summed E-state index contributed by atoms with van der Waals surface area (Å²) in [5.74, 6) is 0.0517. The standard InChI is InChI=1S/C23H27NO4/c1-26-20-10-6-5-9-19(20)21(25)24-17-22(18-7-3-2-4-8-18)11-13-23(14-12-22)27-15-16-28-23/h2-10H,11-17H2,1H3,(H,24,25). The highest BCUT2D eigenvalue weighted by molar-refractivity contribution is 5.96. The van der Waals surface area contributed by atoms with Crippen molar-refractivity contribution in [3.8, 4) is 5.75 Å². The fraction of sp³-hybridized carbons (Fsp3) is 0.435. The van der Waals surface area contributed by atoms with E-state index in [0.29, 0.717) is 31.1 Å². The Morgan fingerprint density at radius 3 is 2.29 bits per heavy atom. The normalized spacial score (nSPS) is 20.0. The molecule has 2 fully saturated rings. The summed E-state index contributed by atoms with van der Waals surface area (Å²) in [6, 6.07) is 17.8. The number of carbonyl (C=O) groups excluding carboxylic acids is 1. The van der Waals surface area contributed by atoms with Crippen LogP contribution in [0.1, 0.15) is 41.6 Å². The summed E-state index contributed by atoms with van der Waals surface area (Å²) < 4.78 is 17.2. The van der Waals surface area contributed by atoms with Gasteiger partial charge in [0.05, 0.1) is 25.9 Å². The first-order chi connectivity index (χ1) is 13.7. The maximum Gasteiger partial charge on any atom is 0.255 e. The molecular formula is C23H27NO4. The van der Waals surface area contributed by atoms with Crippen LogP contribution in [-0.2, 0) is 14.9 Å². The minimum Gasteiger partial charge on any atom is -0.496 e. The van der Waals surface area contributed by atoms with Gasteiger partial charge in [-0.25, -0.2) is 0 Å². The average molecular weight is 381 g/mol. The maximum atomic E-state index is 12.8. The predicted molar refractivity (Wildman–Crippen MR) is 107 cm³/mol. The van der Waals surface area contributed by atoms with Gasteiger partial charge in [-0.2, -0.15) is 0 Å². The van der Waals surface area contributed by atoms with Gasteiger partial charge < -0.3 is 19.5 Å². The van der Waals surface area contributed by atoms with Crippen molar-refractivity contribution in [2.75, 3.05) is 26.9 Å². The fourth-order valence-electron chi connectivity index (χ4n) is 4.43. The molecule has 0 aromatic heterocycles. The Kier molecular flexibility index (Phi) is 5.38. The Morgan fingerprint density at radius 2 is 1.61 bits per heavy atom. The van der Waals surface area contributed by atoms with Gasteiger partial charge in [0, 0.05) is 24.8 Å². The Bertz CT molecular complexity index is 804. The van der Waals surface area contributed by atoms with Gasteiger partial charge in [0.25, 0.3) is 5.91 Å². The van der Waals surface area contributed by atoms with Crippen molar-refractivity contribution in [3.05, 3.63) is 65.7 Å². The first kappa shape index (κ1) is 19.0. The number of nitrogens with one attached hydrogen (secondary N) is 1. The van der Waals surface area contributed by atoms with Crippen molar-refractivity contribution in [2.45, 2.75) is 36.9 Å². The summed E-state index contributed by atoms with van der Waals surface area (Å²) in [4.78, 5) is 12.8. The average Bonchev–Trinajstić information content (AvgIpc) is 3.22. The van der Waals surface area contributed by atoms with Crippen LogP contribution in [0.5, 0.6) is 5.75 Å². The van der Waals surface area contributed by atoms with Crippen LogP contribution < -0.4 is 10.1 Å². The molecule has 1 amide bonds. The molecule has 1 N–H and O–H groups in total. The van der Waals surface area contributed by atoms with Crippen LogP contribution in [0.25, 0.3) is 0 Å². The van der Waals surface area contributed by atoms with Crippen molar-refractivity contribution in [1.82, 2.24) is 5.32 Å². The van der Waals surface area contributed by atoms with Crippen molar-refractivity contribution in [3.63, 3.8) is 0 Å². The lowest BCUT2D eigenvalue weighted by Gasteiger charge is -2.44. The van der Waals surface area contributed by atoms with E-state index in [1.54, 1.807) is 19.2 Å². The van der Waals surface area contributed by atoms with Gasteiger partial charge in [-0.1, -0.05) is 42.5 Å². The number of para-hydroxylation sites is 1. The minimum atomic E-state index is -0.426. The molecule has 5 heteroatoms. The number of methoxy groups -OCH3 is 1. The van der Waals surface area contributed by atoms with E-state index in [0.717, 1.165) is 25.7 Å². The lowest BCUT2D eigenvalue weighted by molar-refractivity contribution is -0.184. The molecule has 0 atom stereocenters. The molecule has 1 heterocycles. The predicted octanol–water partition coefficient (Wildman–Crippen LogP) is 3.68. The van der Waals surface area contributed by atoms with Gasteiger partial charge >= 0.3 is 0 Å². The van der Waals surface area contributed by atoms with Gasteiger partial charge in [0.2, 0.25) is 0 Å². The highest BCUT2D eigenvalue weighted by Crippen LogP contribution is 2.46. The van der Waals surface area contributed by atoms with Crippen LogP contribution in [0.4, 0.5) is 0 Å². The van der Waals surface area contributed by atoms with E-state index in [4.69, 9.17) is 14.2 Å². The second-order valence-electron chi connectivity index (χ2n) is 7.64. The lowest BCUT2D eigenvalue weighted by Crippen LogP contribution is -2.48. The van der Waals surface area contributed by atoms with Crippen molar-refractivity contribution in [2.24, 2.45) is 0 Å². The summed E-state index contributed by atoms with van der Waals surface area (Å²) in [7, 11) is 1.58. The molecule has 1 aliphatic heterocycles. The molecule has 0 unspecified atom stereocenters. The molecule has 2 aromatic carbocycles. The van der Waals surface area contributed by atoms with E-state index in [1.165, 1.54) is 5.56 Å². The first-order valence-corrected chi connectivity index (χ1v) is 9.91. The van der Waals surface area contributed by atoms with Crippen LogP contribution >= 0.6 is 0 Å². The number of carbonyl (C=O) groups is 1. The molecule has 28 heavy (non-hydrogen) atoms. The summed E-state index contributed by atoms with van der Waals surface area (Å²) in [6.45, 7) is 1.91. The van der Waals surface area contributed by atoms with Crippen LogP contribution in [0.3, 0.4) is 0 Å². The van der Waals surface area contributed by atoms with Gasteiger partial charge in [0.1, 0.15) is 5.75 Å². The van der Waals surface area contributed by atoms with Gasteiger partial charge in [-0.05, 0) is 30.5 Å². The summed E-state index contributed by atoms with van der Waals surface area (Å²) in [5, 5.41) is 3.16. The second-order valence-corrected chi connectivity index (χ2v) is 7.64. The Balaban J connectivity index is 1.53. The van der Waals surface area contributed by atoms with Crippen molar-refractivity contribution >= 4 is 5.91 Å². The molecular weight excluding hydrogens is 354 g/mol. The summed E-state index contributed by atoms with van der Waals surface area (Å²) >= 11 is 0. The van der Waals surface area contributed by atoms with E-state index < -0.39 is 5.79 Å². The molecule has 2 aliphatic rings. The van der Waals surface area contributed by atoms with E-state index in [-0.39, 0.29) is 11.3 Å². The third-order valence-electron chi connectivity index (χ3n) is 6.11. The van der Waals surface area contributed by atoms with Crippen LogP contribution in [0.2, 0.25) is 0 Å². The molecule has 1 saturated carbocycles. The number of hydrogen-bond acceptors (Lipinski definition) is 4. The molecule has 1 spiro atoms. The van der Waals surface area contributed by atoms with E-state index in [9.17, 15) is 4.79 Å². The number of hydrogen-bond donors (Lipinski definition) is 1. The van der Waals surface area contributed by atoms with Crippen molar-refractivity contribution in [1.29, 1.82) is 0 Å². The summed E-state index contributed by atoms with van der Waals surface area (Å²) in [6.07, 6.45) is 3.49. The van der Waals surface area contributed by atoms with Crippen LogP contribution in [0.15, 0.2) is 54.6 Å². The number of amides is 1. The number of ether oxygens (including phenoxy) is 3. The Morgan fingerprint density at radius 1 is 0.964 bits per heavy atom. The zero-order chi connectivity index (χ0) is 19.5. The lowest BCUT2D eigenvalue weighted by atomic mass is 9.67. The monoisotopic (exact) mass is 381 g/mol. The van der Waals surface area contributed by atoms with Gasteiger partial charge in [0.15, 0.2) is 5.79 Å². The molecule has 0 radical (unpaired) electrons. The molecule has 0 bridgehead atoms. The summed E-state index contributed by atoms with van der Waals surface area (Å²) in [5.41, 5.74) is 1.69. The third-order valence-corrected chi connectivity index (χ3v) is 6.11. The van der Waals surface area contributed by atoms with E-state index >= 15 is 0 Å². The van der Waals surface area contributed by atoms with Gasteiger partial charge in [-0.15, -0.1) is 0 Å². The molecule has 5 nitrogen and oxygen atoms in total. The largest absolute Gasteiger partial charge is 0.496 e. The molecule has 1 saturated heterocycles. The van der Waals surface area contributed by atoms with Crippen molar-refractivity contribution < 1.29 is 19.0 Å². The van der Waals surface area contributed by atoms with Crippen LogP contribution in [-0.4, -0.2) is 38.6 Å². The Hall–Kier alpha value is -2.37. The second kappa shape index (κ2) is 7.94. The fourth-order valence-corrected chi connectivity index (χ4v) is 4.43. The third kappa shape index (κ3) is 3.64. The Labute approximate surface area is 166 Å². The van der Waals surface area contributed by atoms with E-state index in [2.05, 4.69) is 29.6 Å². The first-order valence-electron chi connectivity index (χ1n) is 9.91. The zero-order valence-corrected chi connectivity index (χ0v) is 16.3. The molecule has 1 aliphatic carbocycles. The SMILES string of the molecule is COc1ccccc1C(=O)NCC1(c2ccccc2)CCC2(CC1)OCCO2. The van der Waals surface area contributed by atoms with Gasteiger partial charge in [-0.3, -0.25) is 4.79 Å². The highest BCUT2D eigenvalue weighted by atomic mass is 16.7. The maximum absolute atomic E-state index is 12.8. The number of benzene rings is 2. The smallest absolute Gasteiger partial charge is 0.255 e. The molecule has 148 valence electrons.